The molecule has 1 heterocycles. The van der Waals surface area contributed by atoms with Crippen molar-refractivity contribution >= 4 is 11.6 Å². The summed E-state index contributed by atoms with van der Waals surface area (Å²) in [6.45, 7) is 2.08. The number of alkyl halides is 1. The number of nitrogens with zero attached hydrogens (tertiary/aromatic N) is 1. The van der Waals surface area contributed by atoms with Crippen molar-refractivity contribution in [1.29, 1.82) is 0 Å². The molecule has 56 valence electrons. The van der Waals surface area contributed by atoms with E-state index >= 15 is 0 Å². The van der Waals surface area contributed by atoms with Crippen LogP contribution in [0.25, 0.3) is 0 Å². The van der Waals surface area contributed by atoms with Crippen molar-refractivity contribution in [3.8, 4) is 0 Å². The molecule has 0 fully saturated rings. The van der Waals surface area contributed by atoms with Gasteiger partial charge in [-0.25, -0.2) is 4.57 Å². The van der Waals surface area contributed by atoms with E-state index in [-0.39, 0.29) is 0 Å². The summed E-state index contributed by atoms with van der Waals surface area (Å²) < 4.78 is 2.08. The van der Waals surface area contributed by atoms with Crippen LogP contribution in [0.1, 0.15) is 5.69 Å². The molecule has 0 amide bonds. The molecule has 0 aromatic carbocycles. The highest BCUT2D eigenvalue weighted by Gasteiger charge is 1.91. The number of hydrogen-bond donors (Lipinski definition) is 0. The van der Waals surface area contributed by atoms with E-state index in [1.807, 2.05) is 25.4 Å². The molecule has 0 saturated carbocycles. The number of rotatable bonds is 0. The molecule has 0 radical (unpaired) electrons. The lowest BCUT2D eigenvalue weighted by molar-refractivity contribution is -0.677. The van der Waals surface area contributed by atoms with E-state index in [0.29, 0.717) is 0 Å². The van der Waals surface area contributed by atoms with Gasteiger partial charge in [0.1, 0.15) is 7.05 Å². The maximum atomic E-state index is 4.64. The van der Waals surface area contributed by atoms with E-state index < -0.39 is 0 Å². The Morgan fingerprint density at radius 2 is 1.90 bits per heavy atom. The third kappa shape index (κ3) is 2.83. The Balaban J connectivity index is 0.000000371. The Morgan fingerprint density at radius 3 is 2.20 bits per heavy atom. The largest absolute Gasteiger partial charge is 0.205 e. The Kier molecular flexibility index (Phi) is 4.95. The van der Waals surface area contributed by atoms with Crippen molar-refractivity contribution in [1.82, 2.24) is 0 Å². The lowest BCUT2D eigenvalue weighted by Crippen LogP contribution is -2.30. The highest BCUT2D eigenvalue weighted by molar-refractivity contribution is 6.15. The molecule has 1 aromatic heterocycles. The van der Waals surface area contributed by atoms with Crippen LogP contribution in [-0.4, -0.2) is 6.38 Å². The Morgan fingerprint density at radius 1 is 1.30 bits per heavy atom. The molecular formula is C8H13ClN+. The van der Waals surface area contributed by atoms with E-state index in [0.717, 1.165) is 0 Å². The molecule has 10 heavy (non-hydrogen) atoms. The van der Waals surface area contributed by atoms with Gasteiger partial charge in [-0.3, -0.25) is 0 Å². The van der Waals surface area contributed by atoms with Gasteiger partial charge in [0.05, 0.1) is 0 Å². The van der Waals surface area contributed by atoms with Crippen molar-refractivity contribution < 1.29 is 4.57 Å². The molecule has 1 aromatic rings. The van der Waals surface area contributed by atoms with Crippen molar-refractivity contribution in [3.05, 3.63) is 30.1 Å². The number of pyridine rings is 1. The average Bonchev–Trinajstić information content (AvgIpc) is 2.00. The lowest BCUT2D eigenvalue weighted by Gasteiger charge is -1.87. The molecule has 1 rings (SSSR count). The van der Waals surface area contributed by atoms with Crippen LogP contribution in [0.3, 0.4) is 0 Å². The van der Waals surface area contributed by atoms with Gasteiger partial charge in [0.2, 0.25) is 0 Å². The molecule has 0 aliphatic heterocycles. The molecule has 0 N–H and O–H groups in total. The van der Waals surface area contributed by atoms with E-state index in [4.69, 9.17) is 0 Å². The predicted octanol–water partition coefficient (Wildman–Crippen LogP) is 1.67. The van der Waals surface area contributed by atoms with Gasteiger partial charge < -0.3 is 0 Å². The quantitative estimate of drug-likeness (QED) is 0.400. The van der Waals surface area contributed by atoms with Crippen molar-refractivity contribution in [2.24, 2.45) is 7.05 Å². The second-order valence-corrected chi connectivity index (χ2v) is 1.95. The van der Waals surface area contributed by atoms with Crippen LogP contribution in [0, 0.1) is 6.92 Å². The first kappa shape index (κ1) is 9.44. The number of aryl methyl sites for hydroxylation is 2. The summed E-state index contributed by atoms with van der Waals surface area (Å²) in [5.74, 6) is 0. The maximum absolute atomic E-state index is 4.64. The zero-order valence-electron chi connectivity index (χ0n) is 6.63. The fourth-order valence-electron chi connectivity index (χ4n) is 0.609. The third-order valence-electron chi connectivity index (χ3n) is 1.31. The minimum absolute atomic E-state index is 1.28. The second kappa shape index (κ2) is 5.24. The standard InChI is InChI=1S/C7H10N.CH3Cl/c1-7-5-3-4-6-8(7)2;1-2/h3-6H,1-2H3;1H3/q+1;. The van der Waals surface area contributed by atoms with Crippen LogP contribution in [0.2, 0.25) is 0 Å². The molecule has 0 aliphatic carbocycles. The average molecular weight is 159 g/mol. The minimum atomic E-state index is 1.28. The molecule has 0 bridgehead atoms. The maximum Gasteiger partial charge on any atom is 0.177 e. The second-order valence-electron chi connectivity index (χ2n) is 1.95. The predicted molar refractivity (Wildman–Crippen MR) is 44.1 cm³/mol. The molecule has 1 nitrogen and oxygen atoms in total. The van der Waals surface area contributed by atoms with Crippen LogP contribution < -0.4 is 4.57 Å². The van der Waals surface area contributed by atoms with Gasteiger partial charge in [-0.1, -0.05) is 6.07 Å². The molecule has 0 saturated heterocycles. The fourth-order valence-corrected chi connectivity index (χ4v) is 0.609. The van der Waals surface area contributed by atoms with Gasteiger partial charge in [0.25, 0.3) is 0 Å². The summed E-state index contributed by atoms with van der Waals surface area (Å²) in [5.41, 5.74) is 1.28. The highest BCUT2D eigenvalue weighted by atomic mass is 35.5. The smallest absolute Gasteiger partial charge is 0.177 e. The van der Waals surface area contributed by atoms with E-state index in [1.165, 1.54) is 12.1 Å². The highest BCUT2D eigenvalue weighted by Crippen LogP contribution is 1.83. The number of hydrogen-bond acceptors (Lipinski definition) is 0. The van der Waals surface area contributed by atoms with Crippen LogP contribution >= 0.6 is 11.6 Å². The van der Waals surface area contributed by atoms with E-state index in [1.54, 1.807) is 0 Å². The molecule has 0 spiro atoms. The summed E-state index contributed by atoms with van der Waals surface area (Å²) in [5, 5.41) is 0. The van der Waals surface area contributed by atoms with Crippen molar-refractivity contribution in [2.45, 2.75) is 6.92 Å². The fraction of sp³-hybridized carbons (Fsp3) is 0.375. The normalized spacial score (nSPS) is 8.00. The zero-order valence-corrected chi connectivity index (χ0v) is 7.39. The van der Waals surface area contributed by atoms with Gasteiger partial charge in [-0.2, -0.15) is 0 Å². The van der Waals surface area contributed by atoms with Gasteiger partial charge >= 0.3 is 0 Å². The summed E-state index contributed by atoms with van der Waals surface area (Å²) >= 11 is 4.64. The minimum Gasteiger partial charge on any atom is -0.205 e. The topological polar surface area (TPSA) is 3.88 Å². The van der Waals surface area contributed by atoms with Crippen molar-refractivity contribution in [2.75, 3.05) is 6.38 Å². The van der Waals surface area contributed by atoms with Gasteiger partial charge in [-0.05, 0) is 0 Å². The van der Waals surface area contributed by atoms with Crippen LogP contribution in [0.15, 0.2) is 24.4 Å². The Hall–Kier alpha value is -0.560. The van der Waals surface area contributed by atoms with Gasteiger partial charge in [0.15, 0.2) is 11.9 Å². The molecule has 0 unspecified atom stereocenters. The monoisotopic (exact) mass is 158 g/mol. The molecule has 0 aliphatic rings. The molecule has 2 heteroatoms. The summed E-state index contributed by atoms with van der Waals surface area (Å²) in [6, 6.07) is 6.14. The first-order valence-corrected chi connectivity index (χ1v) is 3.85. The molecule has 0 atom stereocenters. The summed E-state index contributed by atoms with van der Waals surface area (Å²) in [6.07, 6.45) is 3.51. The lowest BCUT2D eigenvalue weighted by atomic mass is 10.4. The number of aromatic nitrogens is 1. The Bertz CT molecular complexity index is 165. The molecular weight excluding hydrogens is 146 g/mol. The number of halogens is 1. The van der Waals surface area contributed by atoms with Gasteiger partial charge in [0, 0.05) is 25.4 Å². The first-order valence-electron chi connectivity index (χ1n) is 3.10. The third-order valence-corrected chi connectivity index (χ3v) is 1.31. The first-order chi connectivity index (χ1) is 4.80. The SMILES string of the molecule is CCl.Cc1cccc[n+]1C. The van der Waals surface area contributed by atoms with Crippen LogP contribution in [0.4, 0.5) is 0 Å². The summed E-state index contributed by atoms with van der Waals surface area (Å²) in [7, 11) is 2.04. The zero-order chi connectivity index (χ0) is 7.98. The van der Waals surface area contributed by atoms with E-state index in [9.17, 15) is 0 Å². The van der Waals surface area contributed by atoms with Gasteiger partial charge in [-0.15, -0.1) is 11.6 Å². The summed E-state index contributed by atoms with van der Waals surface area (Å²) in [4.78, 5) is 0. The van der Waals surface area contributed by atoms with Crippen molar-refractivity contribution in [3.63, 3.8) is 0 Å². The van der Waals surface area contributed by atoms with Crippen LogP contribution in [-0.2, 0) is 7.05 Å². The van der Waals surface area contributed by atoms with Crippen LogP contribution in [0.5, 0.6) is 0 Å². The van der Waals surface area contributed by atoms with E-state index in [2.05, 4.69) is 29.2 Å². The Labute approximate surface area is 67.3 Å².